The second-order valence-electron chi connectivity index (χ2n) is 5.41. The first kappa shape index (κ1) is 13.1. The van der Waals surface area contributed by atoms with Crippen molar-refractivity contribution in [2.75, 3.05) is 0 Å². The zero-order chi connectivity index (χ0) is 12.3. The zero-order valence-corrected chi connectivity index (χ0v) is 10.1. The normalized spacial score (nSPS) is 13.9. The summed E-state index contributed by atoms with van der Waals surface area (Å²) < 4.78 is 25.9. The standard InChI is InChI=1S/C13H19F2N/c1-13(2,3)5-4-12(16)9-6-10(14)8-11(15)7-9/h6-8,12H,4-5,16H2,1-3H3. The van der Waals surface area contributed by atoms with E-state index in [1.165, 1.54) is 12.1 Å². The molecule has 0 aliphatic carbocycles. The van der Waals surface area contributed by atoms with Gasteiger partial charge in [0.05, 0.1) is 0 Å². The van der Waals surface area contributed by atoms with Crippen molar-refractivity contribution in [1.29, 1.82) is 0 Å². The predicted molar refractivity (Wildman–Crippen MR) is 62.0 cm³/mol. The van der Waals surface area contributed by atoms with E-state index in [9.17, 15) is 8.78 Å². The Hall–Kier alpha value is -0.960. The van der Waals surface area contributed by atoms with Gasteiger partial charge in [-0.25, -0.2) is 8.78 Å². The fourth-order valence-electron chi connectivity index (χ4n) is 1.54. The van der Waals surface area contributed by atoms with Crippen LogP contribution in [0.25, 0.3) is 0 Å². The van der Waals surface area contributed by atoms with Crippen molar-refractivity contribution in [2.24, 2.45) is 11.1 Å². The Kier molecular flexibility index (Phi) is 4.03. The smallest absolute Gasteiger partial charge is 0.126 e. The van der Waals surface area contributed by atoms with E-state index in [-0.39, 0.29) is 11.5 Å². The molecule has 0 fully saturated rings. The van der Waals surface area contributed by atoms with Crippen LogP contribution in [-0.4, -0.2) is 0 Å². The van der Waals surface area contributed by atoms with E-state index < -0.39 is 11.6 Å². The quantitative estimate of drug-likeness (QED) is 0.835. The topological polar surface area (TPSA) is 26.0 Å². The Morgan fingerprint density at radius 2 is 1.62 bits per heavy atom. The molecule has 1 atom stereocenters. The summed E-state index contributed by atoms with van der Waals surface area (Å²) in [6, 6.07) is 3.16. The SMILES string of the molecule is CC(C)(C)CCC(N)c1cc(F)cc(F)c1. The Labute approximate surface area is 95.7 Å². The zero-order valence-electron chi connectivity index (χ0n) is 10.1. The first-order chi connectivity index (χ1) is 7.28. The highest BCUT2D eigenvalue weighted by Crippen LogP contribution is 2.26. The van der Waals surface area contributed by atoms with Crippen molar-refractivity contribution in [3.8, 4) is 0 Å². The minimum absolute atomic E-state index is 0.184. The van der Waals surface area contributed by atoms with E-state index in [0.717, 1.165) is 18.9 Å². The third kappa shape index (κ3) is 4.27. The summed E-state index contributed by atoms with van der Waals surface area (Å²) in [5.41, 5.74) is 6.62. The maximum atomic E-state index is 13.0. The van der Waals surface area contributed by atoms with Crippen LogP contribution in [0.1, 0.15) is 45.2 Å². The Morgan fingerprint density at radius 1 is 1.12 bits per heavy atom. The van der Waals surface area contributed by atoms with Gasteiger partial charge in [-0.3, -0.25) is 0 Å². The molecule has 16 heavy (non-hydrogen) atoms. The predicted octanol–water partition coefficient (Wildman–Crippen LogP) is 3.79. The Balaban J connectivity index is 2.69. The molecule has 1 aromatic rings. The van der Waals surface area contributed by atoms with Crippen LogP contribution < -0.4 is 5.73 Å². The molecule has 0 saturated carbocycles. The second-order valence-corrected chi connectivity index (χ2v) is 5.41. The molecule has 90 valence electrons. The van der Waals surface area contributed by atoms with E-state index in [2.05, 4.69) is 20.8 Å². The maximum Gasteiger partial charge on any atom is 0.126 e. The van der Waals surface area contributed by atoms with Crippen LogP contribution in [0, 0.1) is 17.0 Å². The summed E-state index contributed by atoms with van der Waals surface area (Å²) in [4.78, 5) is 0. The summed E-state index contributed by atoms with van der Waals surface area (Å²) in [6.45, 7) is 6.35. The number of hydrogen-bond acceptors (Lipinski definition) is 1. The van der Waals surface area contributed by atoms with Gasteiger partial charge in [0.1, 0.15) is 11.6 Å². The number of nitrogens with two attached hydrogens (primary N) is 1. The first-order valence-corrected chi connectivity index (χ1v) is 5.49. The van der Waals surface area contributed by atoms with Crippen LogP contribution in [0.4, 0.5) is 8.78 Å². The average Bonchev–Trinajstić information content (AvgIpc) is 2.11. The van der Waals surface area contributed by atoms with Crippen molar-refractivity contribution in [2.45, 2.75) is 39.7 Å². The van der Waals surface area contributed by atoms with Crippen molar-refractivity contribution < 1.29 is 8.78 Å². The number of rotatable bonds is 3. The molecule has 0 aliphatic rings. The van der Waals surface area contributed by atoms with Crippen molar-refractivity contribution >= 4 is 0 Å². The fraction of sp³-hybridized carbons (Fsp3) is 0.538. The first-order valence-electron chi connectivity index (χ1n) is 5.49. The molecule has 0 heterocycles. The molecule has 3 heteroatoms. The van der Waals surface area contributed by atoms with Gasteiger partial charge in [0.25, 0.3) is 0 Å². The molecule has 2 N–H and O–H groups in total. The highest BCUT2D eigenvalue weighted by atomic mass is 19.1. The number of halogens is 2. The van der Waals surface area contributed by atoms with Gasteiger partial charge in [-0.05, 0) is 36.0 Å². The lowest BCUT2D eigenvalue weighted by atomic mass is 9.87. The highest BCUT2D eigenvalue weighted by molar-refractivity contribution is 5.21. The van der Waals surface area contributed by atoms with Gasteiger partial charge < -0.3 is 5.73 Å². The molecule has 0 aliphatic heterocycles. The molecular formula is C13H19F2N. The lowest BCUT2D eigenvalue weighted by Crippen LogP contribution is -2.15. The summed E-state index contributed by atoms with van der Waals surface area (Å²) in [5.74, 6) is -1.14. The third-order valence-corrected chi connectivity index (χ3v) is 2.52. The van der Waals surface area contributed by atoms with Gasteiger partial charge in [-0.1, -0.05) is 20.8 Å². The molecule has 1 unspecified atom stereocenters. The van der Waals surface area contributed by atoms with Crippen LogP contribution in [0.3, 0.4) is 0 Å². The van der Waals surface area contributed by atoms with Crippen molar-refractivity contribution in [3.63, 3.8) is 0 Å². The molecule has 0 saturated heterocycles. The minimum Gasteiger partial charge on any atom is -0.324 e. The molecule has 1 rings (SSSR count). The van der Waals surface area contributed by atoms with Crippen molar-refractivity contribution in [3.05, 3.63) is 35.4 Å². The minimum atomic E-state index is -0.568. The molecule has 0 spiro atoms. The largest absolute Gasteiger partial charge is 0.324 e. The monoisotopic (exact) mass is 227 g/mol. The molecule has 0 radical (unpaired) electrons. The van der Waals surface area contributed by atoms with Crippen LogP contribution in [0.5, 0.6) is 0 Å². The van der Waals surface area contributed by atoms with E-state index in [0.29, 0.717) is 5.56 Å². The summed E-state index contributed by atoms with van der Waals surface area (Å²) >= 11 is 0. The van der Waals surface area contributed by atoms with Gasteiger partial charge in [-0.15, -0.1) is 0 Å². The van der Waals surface area contributed by atoms with Crippen molar-refractivity contribution in [1.82, 2.24) is 0 Å². The summed E-state index contributed by atoms with van der Waals surface area (Å²) in [6.07, 6.45) is 1.65. The van der Waals surface area contributed by atoms with E-state index in [1.807, 2.05) is 0 Å². The van der Waals surface area contributed by atoms with Crippen LogP contribution in [0.2, 0.25) is 0 Å². The Bertz CT molecular complexity index is 335. The fourth-order valence-corrected chi connectivity index (χ4v) is 1.54. The second kappa shape index (κ2) is 4.91. The molecule has 0 amide bonds. The van der Waals surface area contributed by atoms with E-state index in [1.54, 1.807) is 0 Å². The van der Waals surface area contributed by atoms with Gasteiger partial charge in [0.2, 0.25) is 0 Å². The highest BCUT2D eigenvalue weighted by Gasteiger charge is 2.15. The van der Waals surface area contributed by atoms with Crippen LogP contribution in [0.15, 0.2) is 18.2 Å². The summed E-state index contributed by atoms with van der Waals surface area (Å²) in [5, 5.41) is 0. The maximum absolute atomic E-state index is 13.0. The van der Waals surface area contributed by atoms with E-state index in [4.69, 9.17) is 5.73 Å². The molecule has 1 nitrogen and oxygen atoms in total. The van der Waals surface area contributed by atoms with E-state index >= 15 is 0 Å². The van der Waals surface area contributed by atoms with Gasteiger partial charge >= 0.3 is 0 Å². The van der Waals surface area contributed by atoms with Crippen LogP contribution in [-0.2, 0) is 0 Å². The molecule has 1 aromatic carbocycles. The molecule has 0 bridgehead atoms. The number of hydrogen-bond donors (Lipinski definition) is 1. The summed E-state index contributed by atoms with van der Waals surface area (Å²) in [7, 11) is 0. The van der Waals surface area contributed by atoms with Gasteiger partial charge in [0.15, 0.2) is 0 Å². The molecular weight excluding hydrogens is 208 g/mol. The lowest BCUT2D eigenvalue weighted by Gasteiger charge is -2.21. The Morgan fingerprint density at radius 3 is 2.06 bits per heavy atom. The molecule has 0 aromatic heterocycles. The van der Waals surface area contributed by atoms with Crippen LogP contribution >= 0.6 is 0 Å². The lowest BCUT2D eigenvalue weighted by molar-refractivity contribution is 0.349. The average molecular weight is 227 g/mol. The number of benzene rings is 1. The van der Waals surface area contributed by atoms with Gasteiger partial charge in [0, 0.05) is 12.1 Å². The third-order valence-electron chi connectivity index (χ3n) is 2.52. The van der Waals surface area contributed by atoms with Gasteiger partial charge in [-0.2, -0.15) is 0 Å².